The van der Waals surface area contributed by atoms with E-state index >= 15 is 0 Å². The summed E-state index contributed by atoms with van der Waals surface area (Å²) in [6.45, 7) is 3.87. The lowest BCUT2D eigenvalue weighted by atomic mass is 10.0. The van der Waals surface area contributed by atoms with Gasteiger partial charge in [0, 0.05) is 6.42 Å². The second kappa shape index (κ2) is 31.3. The summed E-state index contributed by atoms with van der Waals surface area (Å²) in [5.41, 5.74) is 0. The predicted octanol–water partition coefficient (Wildman–Crippen LogP) is 8.64. The van der Waals surface area contributed by atoms with Gasteiger partial charge in [-0.05, 0) is 71.1 Å². The molecule has 41 heavy (non-hydrogen) atoms. The molecule has 5 heteroatoms. The van der Waals surface area contributed by atoms with Crippen molar-refractivity contribution in [3.63, 3.8) is 0 Å². The van der Waals surface area contributed by atoms with Gasteiger partial charge in [0.2, 0.25) is 5.91 Å². The van der Waals surface area contributed by atoms with Gasteiger partial charge in [-0.15, -0.1) is 0 Å². The minimum Gasteiger partial charge on any atom is -0.394 e. The molecule has 4 N–H and O–H groups in total. The molecule has 0 aromatic heterocycles. The molecule has 0 aliphatic rings. The van der Waals surface area contributed by atoms with E-state index in [4.69, 9.17) is 0 Å². The molecule has 3 atom stereocenters. The van der Waals surface area contributed by atoms with E-state index in [-0.39, 0.29) is 12.5 Å². The van der Waals surface area contributed by atoms with E-state index in [1.807, 2.05) is 13.0 Å². The van der Waals surface area contributed by atoms with Crippen LogP contribution in [0, 0.1) is 0 Å². The normalized spacial score (nSPS) is 14.6. The van der Waals surface area contributed by atoms with E-state index in [1.54, 1.807) is 0 Å². The zero-order valence-electron chi connectivity index (χ0n) is 26.7. The van der Waals surface area contributed by atoms with Crippen LogP contribution in [0.3, 0.4) is 0 Å². The summed E-state index contributed by atoms with van der Waals surface area (Å²) < 4.78 is 0. The third-order valence-electron chi connectivity index (χ3n) is 7.50. The van der Waals surface area contributed by atoms with Crippen LogP contribution in [0.1, 0.15) is 149 Å². The fraction of sp³-hybridized carbons (Fsp3) is 0.750. The molecule has 3 unspecified atom stereocenters. The summed E-state index contributed by atoms with van der Waals surface area (Å²) in [6, 6.07) is -0.831. The zero-order chi connectivity index (χ0) is 30.2. The van der Waals surface area contributed by atoms with Gasteiger partial charge in [0.1, 0.15) is 6.10 Å². The van der Waals surface area contributed by atoms with Crippen molar-refractivity contribution in [1.29, 1.82) is 0 Å². The molecule has 0 fully saturated rings. The van der Waals surface area contributed by atoms with Crippen LogP contribution in [0.2, 0.25) is 0 Å². The lowest BCUT2D eigenvalue weighted by molar-refractivity contribution is -0.124. The number of nitrogens with one attached hydrogen (secondary N) is 1. The van der Waals surface area contributed by atoms with E-state index in [2.05, 4.69) is 54.8 Å². The fourth-order valence-corrected chi connectivity index (χ4v) is 4.82. The average molecular weight is 576 g/mol. The van der Waals surface area contributed by atoms with Gasteiger partial charge in [-0.25, -0.2) is 0 Å². The number of hydrogen-bond donors (Lipinski definition) is 4. The van der Waals surface area contributed by atoms with Gasteiger partial charge in [0.15, 0.2) is 0 Å². The topological polar surface area (TPSA) is 89.8 Å². The first-order valence-corrected chi connectivity index (χ1v) is 16.9. The van der Waals surface area contributed by atoms with E-state index in [0.29, 0.717) is 12.8 Å². The molecule has 0 radical (unpaired) electrons. The SMILES string of the molecule is C/C=C/CC/C=C/CCCC(O)C(O)C(CO)NC(=O)CCCCCCCCCCCC/C=C\C=C/CCCCC. The maximum atomic E-state index is 12.3. The van der Waals surface area contributed by atoms with Crippen LogP contribution in [-0.4, -0.2) is 46.1 Å². The Kier molecular flexibility index (Phi) is 30.0. The third-order valence-corrected chi connectivity index (χ3v) is 7.50. The molecule has 0 saturated heterocycles. The van der Waals surface area contributed by atoms with Crippen LogP contribution in [0.4, 0.5) is 0 Å². The third kappa shape index (κ3) is 26.9. The molecule has 1 amide bonds. The van der Waals surface area contributed by atoms with Gasteiger partial charge < -0.3 is 20.6 Å². The molecule has 0 aliphatic heterocycles. The minimum absolute atomic E-state index is 0.169. The van der Waals surface area contributed by atoms with E-state index in [0.717, 1.165) is 44.9 Å². The molecule has 0 aromatic carbocycles. The van der Waals surface area contributed by atoms with Crippen molar-refractivity contribution in [3.05, 3.63) is 48.6 Å². The Labute approximate surface area is 253 Å². The lowest BCUT2D eigenvalue weighted by Crippen LogP contribution is -2.50. The number of unbranched alkanes of at least 4 members (excludes halogenated alkanes) is 15. The number of allylic oxidation sites excluding steroid dienone is 8. The van der Waals surface area contributed by atoms with Crippen LogP contribution in [0.25, 0.3) is 0 Å². The molecule has 0 saturated carbocycles. The second-order valence-electron chi connectivity index (χ2n) is 11.4. The monoisotopic (exact) mass is 575 g/mol. The van der Waals surface area contributed by atoms with Gasteiger partial charge >= 0.3 is 0 Å². The van der Waals surface area contributed by atoms with Gasteiger partial charge in [0.05, 0.1) is 18.8 Å². The van der Waals surface area contributed by atoms with E-state index in [9.17, 15) is 20.1 Å². The van der Waals surface area contributed by atoms with Crippen molar-refractivity contribution >= 4 is 5.91 Å². The van der Waals surface area contributed by atoms with Crippen molar-refractivity contribution in [1.82, 2.24) is 5.32 Å². The lowest BCUT2D eigenvalue weighted by Gasteiger charge is -2.26. The van der Waals surface area contributed by atoms with Gasteiger partial charge in [-0.3, -0.25) is 4.79 Å². The number of amides is 1. The van der Waals surface area contributed by atoms with Gasteiger partial charge in [0.25, 0.3) is 0 Å². The van der Waals surface area contributed by atoms with Crippen molar-refractivity contribution in [2.45, 2.75) is 167 Å². The van der Waals surface area contributed by atoms with Crippen LogP contribution in [-0.2, 0) is 4.79 Å². The average Bonchev–Trinajstić information content (AvgIpc) is 2.97. The van der Waals surface area contributed by atoms with Crippen LogP contribution in [0.5, 0.6) is 0 Å². The number of aliphatic hydroxyl groups excluding tert-OH is 3. The molecule has 0 heterocycles. The number of aliphatic hydroxyl groups is 3. The summed E-state index contributed by atoms with van der Waals surface area (Å²) >= 11 is 0. The quantitative estimate of drug-likeness (QED) is 0.0408. The highest BCUT2D eigenvalue weighted by Gasteiger charge is 2.26. The van der Waals surface area contributed by atoms with E-state index in [1.165, 1.54) is 77.0 Å². The number of hydrogen-bond acceptors (Lipinski definition) is 4. The highest BCUT2D eigenvalue weighted by Crippen LogP contribution is 2.13. The Morgan fingerprint density at radius 3 is 1.76 bits per heavy atom. The van der Waals surface area contributed by atoms with E-state index < -0.39 is 18.2 Å². The maximum Gasteiger partial charge on any atom is 0.220 e. The summed E-state index contributed by atoms with van der Waals surface area (Å²) in [5, 5.41) is 33.0. The van der Waals surface area contributed by atoms with Crippen LogP contribution in [0.15, 0.2) is 48.6 Å². The Morgan fingerprint density at radius 1 is 0.659 bits per heavy atom. The summed E-state index contributed by atoms with van der Waals surface area (Å²) in [7, 11) is 0. The second-order valence-corrected chi connectivity index (χ2v) is 11.4. The molecule has 238 valence electrons. The largest absolute Gasteiger partial charge is 0.394 e. The van der Waals surface area contributed by atoms with Crippen molar-refractivity contribution in [3.8, 4) is 0 Å². The molecular formula is C36H65NO4. The molecule has 0 spiro atoms. The summed E-state index contributed by atoms with van der Waals surface area (Å²) in [4.78, 5) is 12.3. The van der Waals surface area contributed by atoms with Crippen LogP contribution >= 0.6 is 0 Å². The number of rotatable bonds is 29. The first-order chi connectivity index (χ1) is 20.1. The van der Waals surface area contributed by atoms with Crippen molar-refractivity contribution < 1.29 is 20.1 Å². The minimum atomic E-state index is -1.17. The van der Waals surface area contributed by atoms with Gasteiger partial charge in [-0.2, -0.15) is 0 Å². The Balaban J connectivity index is 3.70. The molecule has 5 nitrogen and oxygen atoms in total. The number of carbonyl (C=O) groups is 1. The highest BCUT2D eigenvalue weighted by molar-refractivity contribution is 5.76. The summed E-state index contributed by atoms with van der Waals surface area (Å²) in [5.74, 6) is -0.169. The van der Waals surface area contributed by atoms with Crippen LogP contribution < -0.4 is 5.32 Å². The first-order valence-electron chi connectivity index (χ1n) is 16.9. The maximum absolute atomic E-state index is 12.3. The first kappa shape index (κ1) is 39.3. The molecular weight excluding hydrogens is 510 g/mol. The molecule has 0 aromatic rings. The standard InChI is InChI=1S/C36H65NO4/c1-3-5-7-9-11-13-14-15-16-17-18-19-20-21-22-23-25-27-29-31-35(40)37-33(32-38)36(41)34(39)30-28-26-24-12-10-8-6-4-2/h4,6,11-15,24,33-34,36,38-39,41H,3,5,7-10,16-23,25-32H2,1-2H3,(H,37,40)/b6-4+,13-11-,15-14-,24-12+. The fourth-order valence-electron chi connectivity index (χ4n) is 4.82. The smallest absolute Gasteiger partial charge is 0.220 e. The Bertz CT molecular complexity index is 685. The summed E-state index contributed by atoms with van der Waals surface area (Å²) in [6.07, 6.45) is 38.0. The molecule has 0 bridgehead atoms. The molecule has 0 aliphatic carbocycles. The highest BCUT2D eigenvalue weighted by atomic mass is 16.3. The van der Waals surface area contributed by atoms with Crippen molar-refractivity contribution in [2.75, 3.05) is 6.61 Å². The predicted molar refractivity (Wildman–Crippen MR) is 176 cm³/mol. The Hall–Kier alpha value is -1.69. The number of carbonyl (C=O) groups excluding carboxylic acids is 1. The molecule has 0 rings (SSSR count). The van der Waals surface area contributed by atoms with Gasteiger partial charge in [-0.1, -0.05) is 120 Å². The zero-order valence-corrected chi connectivity index (χ0v) is 26.7. The Morgan fingerprint density at radius 2 is 1.17 bits per heavy atom. The van der Waals surface area contributed by atoms with Crippen molar-refractivity contribution in [2.24, 2.45) is 0 Å².